The van der Waals surface area contributed by atoms with Crippen LogP contribution in [0.5, 0.6) is 0 Å². The Bertz CT molecular complexity index is 894. The third-order valence-corrected chi connectivity index (χ3v) is 3.58. The fourth-order valence-corrected chi connectivity index (χ4v) is 2.53. The first-order chi connectivity index (χ1) is 10.4. The number of hydrogen-bond donors (Lipinski definition) is 0. The van der Waals surface area contributed by atoms with Crippen LogP contribution in [0.1, 0.15) is 0 Å². The minimum atomic E-state index is 0.888. The SMILES string of the molecule is c1ccc(-c2cccc(-c3coc4ccccc34)n2)cc1. The van der Waals surface area contributed by atoms with Crippen molar-refractivity contribution in [2.45, 2.75) is 0 Å². The Hall–Kier alpha value is -2.87. The van der Waals surface area contributed by atoms with Crippen LogP contribution in [0.3, 0.4) is 0 Å². The Morgan fingerprint density at radius 3 is 2.33 bits per heavy atom. The monoisotopic (exact) mass is 271 g/mol. The zero-order valence-electron chi connectivity index (χ0n) is 11.4. The number of fused-ring (bicyclic) bond motifs is 1. The molecule has 0 aliphatic rings. The molecule has 0 aliphatic carbocycles. The molecule has 0 radical (unpaired) electrons. The van der Waals surface area contributed by atoms with Crippen molar-refractivity contribution in [2.75, 3.05) is 0 Å². The molecule has 0 aliphatic heterocycles. The summed E-state index contributed by atoms with van der Waals surface area (Å²) in [6.45, 7) is 0. The van der Waals surface area contributed by atoms with Gasteiger partial charge in [0.05, 0.1) is 11.4 Å². The molecule has 4 rings (SSSR count). The Kier molecular flexibility index (Phi) is 2.79. The van der Waals surface area contributed by atoms with E-state index in [2.05, 4.69) is 18.2 Å². The van der Waals surface area contributed by atoms with Crippen LogP contribution < -0.4 is 0 Å². The van der Waals surface area contributed by atoms with Gasteiger partial charge < -0.3 is 4.42 Å². The van der Waals surface area contributed by atoms with E-state index in [9.17, 15) is 0 Å². The van der Waals surface area contributed by atoms with Crippen LogP contribution in [0.4, 0.5) is 0 Å². The van der Waals surface area contributed by atoms with Crippen molar-refractivity contribution in [2.24, 2.45) is 0 Å². The van der Waals surface area contributed by atoms with Gasteiger partial charge in [0.2, 0.25) is 0 Å². The molecule has 0 saturated heterocycles. The first-order valence-electron chi connectivity index (χ1n) is 6.91. The van der Waals surface area contributed by atoms with E-state index >= 15 is 0 Å². The molecule has 2 heterocycles. The zero-order valence-corrected chi connectivity index (χ0v) is 11.4. The fourth-order valence-electron chi connectivity index (χ4n) is 2.53. The minimum absolute atomic E-state index is 0.888. The van der Waals surface area contributed by atoms with Crippen molar-refractivity contribution in [1.82, 2.24) is 4.98 Å². The van der Waals surface area contributed by atoms with E-state index in [0.29, 0.717) is 0 Å². The van der Waals surface area contributed by atoms with E-state index in [1.807, 2.05) is 54.6 Å². The molecule has 0 N–H and O–H groups in total. The summed E-state index contributed by atoms with van der Waals surface area (Å²) in [7, 11) is 0. The van der Waals surface area contributed by atoms with Crippen molar-refractivity contribution in [3.8, 4) is 22.5 Å². The summed E-state index contributed by atoms with van der Waals surface area (Å²) in [4.78, 5) is 4.78. The second kappa shape index (κ2) is 4.91. The van der Waals surface area contributed by atoms with Gasteiger partial charge in [0.25, 0.3) is 0 Å². The summed E-state index contributed by atoms with van der Waals surface area (Å²) in [6.07, 6.45) is 1.78. The van der Waals surface area contributed by atoms with Crippen LogP contribution in [-0.2, 0) is 0 Å². The second-order valence-electron chi connectivity index (χ2n) is 4.92. The molecular weight excluding hydrogens is 258 g/mol. The van der Waals surface area contributed by atoms with E-state index in [1.165, 1.54) is 0 Å². The average molecular weight is 271 g/mol. The van der Waals surface area contributed by atoms with Crippen LogP contribution in [0, 0.1) is 0 Å². The van der Waals surface area contributed by atoms with E-state index < -0.39 is 0 Å². The highest BCUT2D eigenvalue weighted by molar-refractivity contribution is 5.93. The molecular formula is C19H13NO. The molecule has 0 unspecified atom stereocenters. The summed E-state index contributed by atoms with van der Waals surface area (Å²) in [5.74, 6) is 0. The third kappa shape index (κ3) is 2.11. The van der Waals surface area contributed by atoms with Crippen LogP contribution >= 0.6 is 0 Å². The number of nitrogens with zero attached hydrogens (tertiary/aromatic N) is 1. The molecule has 0 amide bonds. The number of rotatable bonds is 2. The number of hydrogen-bond acceptors (Lipinski definition) is 2. The standard InChI is InChI=1S/C19H13NO/c1-2-7-14(8-3-1)17-10-6-11-18(20-17)16-13-21-19-12-5-4-9-15(16)19/h1-13H. The van der Waals surface area contributed by atoms with Gasteiger partial charge in [-0.2, -0.15) is 0 Å². The maximum atomic E-state index is 5.61. The molecule has 100 valence electrons. The van der Waals surface area contributed by atoms with Gasteiger partial charge in [-0.3, -0.25) is 0 Å². The summed E-state index contributed by atoms with van der Waals surface area (Å²) < 4.78 is 5.61. The van der Waals surface area contributed by atoms with Gasteiger partial charge in [-0.05, 0) is 18.2 Å². The van der Waals surface area contributed by atoms with Gasteiger partial charge in [0.1, 0.15) is 11.8 Å². The van der Waals surface area contributed by atoms with Crippen molar-refractivity contribution < 1.29 is 4.42 Å². The van der Waals surface area contributed by atoms with Crippen LogP contribution in [0.25, 0.3) is 33.5 Å². The van der Waals surface area contributed by atoms with Crippen LogP contribution in [-0.4, -0.2) is 4.98 Å². The molecule has 0 bridgehead atoms. The van der Waals surface area contributed by atoms with E-state index in [-0.39, 0.29) is 0 Å². The van der Waals surface area contributed by atoms with Crippen molar-refractivity contribution in [3.05, 3.63) is 79.1 Å². The largest absolute Gasteiger partial charge is 0.464 e. The summed E-state index contributed by atoms with van der Waals surface area (Å²) >= 11 is 0. The Balaban J connectivity index is 1.87. The number of furan rings is 1. The molecule has 0 saturated carbocycles. The third-order valence-electron chi connectivity index (χ3n) is 3.58. The quantitative estimate of drug-likeness (QED) is 0.503. The van der Waals surface area contributed by atoms with Crippen molar-refractivity contribution in [3.63, 3.8) is 0 Å². The summed E-state index contributed by atoms with van der Waals surface area (Å²) in [5.41, 5.74) is 4.94. The number of para-hydroxylation sites is 1. The topological polar surface area (TPSA) is 26.0 Å². The normalized spacial score (nSPS) is 10.9. The van der Waals surface area contributed by atoms with E-state index in [1.54, 1.807) is 6.26 Å². The van der Waals surface area contributed by atoms with Crippen molar-refractivity contribution in [1.29, 1.82) is 0 Å². The maximum absolute atomic E-state index is 5.61. The molecule has 2 aromatic heterocycles. The lowest BCUT2D eigenvalue weighted by molar-refractivity contribution is 0.617. The van der Waals surface area contributed by atoms with E-state index in [4.69, 9.17) is 9.40 Å². The van der Waals surface area contributed by atoms with Gasteiger partial charge in [0.15, 0.2) is 0 Å². The molecule has 2 aromatic carbocycles. The van der Waals surface area contributed by atoms with Gasteiger partial charge in [-0.15, -0.1) is 0 Å². The first kappa shape index (κ1) is 11.9. The van der Waals surface area contributed by atoms with Gasteiger partial charge in [-0.25, -0.2) is 4.98 Å². The zero-order chi connectivity index (χ0) is 14.1. The Morgan fingerprint density at radius 2 is 1.43 bits per heavy atom. The van der Waals surface area contributed by atoms with Crippen LogP contribution in [0.2, 0.25) is 0 Å². The lowest BCUT2D eigenvalue weighted by Gasteiger charge is -2.03. The van der Waals surface area contributed by atoms with Gasteiger partial charge >= 0.3 is 0 Å². The molecule has 0 fully saturated rings. The van der Waals surface area contributed by atoms with Gasteiger partial charge in [-0.1, -0.05) is 54.6 Å². The molecule has 4 aromatic rings. The molecule has 0 atom stereocenters. The smallest absolute Gasteiger partial charge is 0.134 e. The predicted molar refractivity (Wildman–Crippen MR) is 84.9 cm³/mol. The van der Waals surface area contributed by atoms with Crippen LogP contribution in [0.15, 0.2) is 83.5 Å². The van der Waals surface area contributed by atoms with Gasteiger partial charge in [0, 0.05) is 16.5 Å². The number of benzene rings is 2. The minimum Gasteiger partial charge on any atom is -0.464 e. The highest BCUT2D eigenvalue weighted by Crippen LogP contribution is 2.30. The highest BCUT2D eigenvalue weighted by atomic mass is 16.3. The average Bonchev–Trinajstić information content (AvgIpc) is 3.00. The lowest BCUT2D eigenvalue weighted by Crippen LogP contribution is -1.86. The second-order valence-corrected chi connectivity index (χ2v) is 4.92. The fraction of sp³-hybridized carbons (Fsp3) is 0. The summed E-state index contributed by atoms with van der Waals surface area (Å²) in [5, 5.41) is 1.09. The lowest BCUT2D eigenvalue weighted by atomic mass is 10.1. The summed E-state index contributed by atoms with van der Waals surface area (Å²) in [6, 6.07) is 24.3. The highest BCUT2D eigenvalue weighted by Gasteiger charge is 2.09. The number of pyridine rings is 1. The predicted octanol–water partition coefficient (Wildman–Crippen LogP) is 5.16. The van der Waals surface area contributed by atoms with Crippen molar-refractivity contribution >= 4 is 11.0 Å². The Morgan fingerprint density at radius 1 is 0.667 bits per heavy atom. The molecule has 2 heteroatoms. The Labute approximate surface area is 122 Å². The van der Waals surface area contributed by atoms with E-state index in [0.717, 1.165) is 33.5 Å². The first-order valence-corrected chi connectivity index (χ1v) is 6.91. The molecule has 21 heavy (non-hydrogen) atoms. The number of aromatic nitrogens is 1. The molecule has 2 nitrogen and oxygen atoms in total. The molecule has 0 spiro atoms. The maximum Gasteiger partial charge on any atom is 0.134 e.